The minimum absolute atomic E-state index is 0.0334. The molecule has 0 atom stereocenters. The first-order valence-corrected chi connectivity index (χ1v) is 6.97. The van der Waals surface area contributed by atoms with Crippen molar-refractivity contribution in [2.24, 2.45) is 5.41 Å². The minimum Gasteiger partial charge on any atom is -0.481 e. The molecule has 1 N–H and O–H groups in total. The second-order valence-electron chi connectivity index (χ2n) is 4.91. The summed E-state index contributed by atoms with van der Waals surface area (Å²) in [5.41, 5.74) is -0.342. The van der Waals surface area contributed by atoms with Crippen LogP contribution in [0.5, 0.6) is 0 Å². The lowest BCUT2D eigenvalue weighted by molar-refractivity contribution is -0.385. The van der Waals surface area contributed by atoms with Gasteiger partial charge in [-0.2, -0.15) is 5.26 Å². The zero-order chi connectivity index (χ0) is 14.8. The van der Waals surface area contributed by atoms with Crippen LogP contribution in [-0.2, 0) is 4.79 Å². The van der Waals surface area contributed by atoms with Gasteiger partial charge in [-0.05, 0) is 30.4 Å². The van der Waals surface area contributed by atoms with Crippen LogP contribution in [0.1, 0.15) is 24.8 Å². The Hall–Kier alpha value is -2.07. The molecular weight excluding hydrogens is 280 g/mol. The van der Waals surface area contributed by atoms with Crippen molar-refractivity contribution in [3.63, 3.8) is 0 Å². The van der Waals surface area contributed by atoms with Gasteiger partial charge in [-0.1, -0.05) is 0 Å². The SMILES string of the molecule is N#Cc1ccc(SCC2(CC(=O)O)CC2)cc1[N+](=O)[O-]. The fraction of sp³-hybridized carbons (Fsp3) is 0.385. The maximum absolute atomic E-state index is 10.9. The molecule has 1 aromatic rings. The van der Waals surface area contributed by atoms with Crippen LogP contribution in [0.2, 0.25) is 0 Å². The second-order valence-corrected chi connectivity index (χ2v) is 5.96. The van der Waals surface area contributed by atoms with Crippen LogP contribution >= 0.6 is 11.8 Å². The van der Waals surface area contributed by atoms with Gasteiger partial charge in [0.25, 0.3) is 5.69 Å². The summed E-state index contributed by atoms with van der Waals surface area (Å²) in [4.78, 5) is 21.7. The van der Waals surface area contributed by atoms with Crippen molar-refractivity contribution in [3.8, 4) is 6.07 Å². The largest absolute Gasteiger partial charge is 0.481 e. The number of hydrogen-bond donors (Lipinski definition) is 1. The van der Waals surface area contributed by atoms with Crippen LogP contribution in [0.3, 0.4) is 0 Å². The maximum Gasteiger partial charge on any atom is 0.303 e. The van der Waals surface area contributed by atoms with Gasteiger partial charge in [-0.25, -0.2) is 0 Å². The Balaban J connectivity index is 2.08. The Kier molecular flexibility index (Phi) is 3.95. The lowest BCUT2D eigenvalue weighted by Gasteiger charge is -2.11. The van der Waals surface area contributed by atoms with Gasteiger partial charge in [0.2, 0.25) is 0 Å². The average Bonchev–Trinajstić information content (AvgIpc) is 3.15. The number of nitrogens with zero attached hydrogens (tertiary/aromatic N) is 2. The predicted molar refractivity (Wildman–Crippen MR) is 72.5 cm³/mol. The number of rotatable bonds is 6. The third-order valence-corrected chi connectivity index (χ3v) is 4.66. The zero-order valence-electron chi connectivity index (χ0n) is 10.5. The molecule has 0 amide bonds. The van der Waals surface area contributed by atoms with Crippen molar-refractivity contribution in [2.75, 3.05) is 5.75 Å². The van der Waals surface area contributed by atoms with Crippen molar-refractivity contribution in [1.82, 2.24) is 0 Å². The molecule has 6 nitrogen and oxygen atoms in total. The molecule has 0 bridgehead atoms. The van der Waals surface area contributed by atoms with E-state index in [9.17, 15) is 14.9 Å². The molecular formula is C13H12N2O4S. The summed E-state index contributed by atoms with van der Waals surface area (Å²) in [5, 5.41) is 28.5. The fourth-order valence-corrected chi connectivity index (χ4v) is 3.18. The summed E-state index contributed by atoms with van der Waals surface area (Å²) in [6.07, 6.45) is 1.90. The number of nitro benzene ring substituents is 1. The molecule has 104 valence electrons. The van der Waals surface area contributed by atoms with Crippen LogP contribution in [0.25, 0.3) is 0 Å². The van der Waals surface area contributed by atoms with E-state index >= 15 is 0 Å². The highest BCUT2D eigenvalue weighted by Gasteiger charge is 2.44. The molecule has 1 saturated carbocycles. The lowest BCUT2D eigenvalue weighted by Crippen LogP contribution is -2.10. The predicted octanol–water partition coefficient (Wildman–Crippen LogP) is 2.81. The maximum atomic E-state index is 10.9. The highest BCUT2D eigenvalue weighted by molar-refractivity contribution is 7.99. The van der Waals surface area contributed by atoms with E-state index in [2.05, 4.69) is 0 Å². The molecule has 1 aliphatic carbocycles. The summed E-state index contributed by atoms with van der Waals surface area (Å²) in [7, 11) is 0. The van der Waals surface area contributed by atoms with E-state index in [4.69, 9.17) is 10.4 Å². The van der Waals surface area contributed by atoms with Crippen LogP contribution in [0, 0.1) is 26.9 Å². The smallest absolute Gasteiger partial charge is 0.303 e. The second kappa shape index (κ2) is 5.51. The van der Waals surface area contributed by atoms with E-state index in [1.54, 1.807) is 12.1 Å². The minimum atomic E-state index is -0.811. The summed E-state index contributed by atoms with van der Waals surface area (Å²) in [6, 6.07) is 6.25. The van der Waals surface area contributed by atoms with Gasteiger partial charge in [0.05, 0.1) is 11.3 Å². The standard InChI is InChI=1S/C13H12N2O4S/c14-7-9-1-2-10(5-11(9)15(18)19)20-8-13(3-4-13)6-12(16)17/h1-2,5H,3-4,6,8H2,(H,16,17). The third kappa shape index (κ3) is 3.27. The summed E-state index contributed by atoms with van der Waals surface area (Å²) in [6.45, 7) is 0. The summed E-state index contributed by atoms with van der Waals surface area (Å²) < 4.78 is 0. The van der Waals surface area contributed by atoms with Crippen LogP contribution in [-0.4, -0.2) is 21.8 Å². The summed E-state index contributed by atoms with van der Waals surface area (Å²) >= 11 is 1.41. The van der Waals surface area contributed by atoms with Crippen LogP contribution in [0.4, 0.5) is 5.69 Å². The normalized spacial score (nSPS) is 15.3. The molecule has 0 radical (unpaired) electrons. The molecule has 0 aliphatic heterocycles. The Bertz CT molecular complexity index is 605. The molecule has 1 aromatic carbocycles. The first-order valence-electron chi connectivity index (χ1n) is 5.99. The van der Waals surface area contributed by atoms with E-state index in [1.807, 2.05) is 0 Å². The van der Waals surface area contributed by atoms with Gasteiger partial charge in [0, 0.05) is 16.7 Å². The van der Waals surface area contributed by atoms with Gasteiger partial charge in [0.15, 0.2) is 0 Å². The first-order chi connectivity index (χ1) is 9.46. The zero-order valence-corrected chi connectivity index (χ0v) is 11.4. The lowest BCUT2D eigenvalue weighted by atomic mass is 10.1. The number of carbonyl (C=O) groups is 1. The van der Waals surface area contributed by atoms with E-state index in [1.165, 1.54) is 23.9 Å². The van der Waals surface area contributed by atoms with Gasteiger partial charge < -0.3 is 5.11 Å². The van der Waals surface area contributed by atoms with Crippen LogP contribution < -0.4 is 0 Å². The first kappa shape index (κ1) is 14.3. The number of benzene rings is 1. The van der Waals surface area contributed by atoms with Gasteiger partial charge in [-0.15, -0.1) is 11.8 Å². The van der Waals surface area contributed by atoms with Crippen LogP contribution in [0.15, 0.2) is 23.1 Å². The fourth-order valence-electron chi connectivity index (χ4n) is 1.95. The van der Waals surface area contributed by atoms with Crippen molar-refractivity contribution in [2.45, 2.75) is 24.2 Å². The van der Waals surface area contributed by atoms with Crippen molar-refractivity contribution in [3.05, 3.63) is 33.9 Å². The molecule has 2 rings (SSSR count). The van der Waals surface area contributed by atoms with Crippen molar-refractivity contribution >= 4 is 23.4 Å². The Morgan fingerprint density at radius 1 is 1.55 bits per heavy atom. The molecule has 0 unspecified atom stereocenters. The monoisotopic (exact) mass is 292 g/mol. The highest BCUT2D eigenvalue weighted by atomic mass is 32.2. The Morgan fingerprint density at radius 2 is 2.25 bits per heavy atom. The molecule has 1 fully saturated rings. The van der Waals surface area contributed by atoms with Gasteiger partial charge >= 0.3 is 5.97 Å². The van der Waals surface area contributed by atoms with Gasteiger partial charge in [0.1, 0.15) is 11.6 Å². The molecule has 0 spiro atoms. The third-order valence-electron chi connectivity index (χ3n) is 3.31. The highest BCUT2D eigenvalue weighted by Crippen LogP contribution is 2.52. The molecule has 1 aliphatic rings. The molecule has 0 heterocycles. The quantitative estimate of drug-likeness (QED) is 0.491. The molecule has 0 aromatic heterocycles. The number of carboxylic acid groups (broad SMARTS) is 1. The Labute approximate surface area is 119 Å². The van der Waals surface area contributed by atoms with E-state index in [0.717, 1.165) is 12.8 Å². The molecule has 20 heavy (non-hydrogen) atoms. The summed E-state index contributed by atoms with van der Waals surface area (Å²) in [5.74, 6) is -0.184. The molecule has 7 heteroatoms. The number of carboxylic acids is 1. The number of nitriles is 1. The van der Waals surface area contributed by atoms with Crippen molar-refractivity contribution in [1.29, 1.82) is 5.26 Å². The topological polar surface area (TPSA) is 104 Å². The van der Waals surface area contributed by atoms with Crippen molar-refractivity contribution < 1.29 is 14.8 Å². The van der Waals surface area contributed by atoms with E-state index < -0.39 is 10.9 Å². The molecule has 0 saturated heterocycles. The Morgan fingerprint density at radius 3 is 2.75 bits per heavy atom. The number of hydrogen-bond acceptors (Lipinski definition) is 5. The number of aliphatic carboxylic acids is 1. The number of nitro groups is 1. The average molecular weight is 292 g/mol. The van der Waals surface area contributed by atoms with E-state index in [0.29, 0.717) is 10.6 Å². The number of thioether (sulfide) groups is 1. The van der Waals surface area contributed by atoms with E-state index in [-0.39, 0.29) is 23.1 Å². The van der Waals surface area contributed by atoms with Gasteiger partial charge in [-0.3, -0.25) is 14.9 Å².